The van der Waals surface area contributed by atoms with Gasteiger partial charge < -0.3 is 15.2 Å². The number of halogens is 1. The Labute approximate surface area is 117 Å². The largest absolute Gasteiger partial charge is 0.496 e. The van der Waals surface area contributed by atoms with E-state index in [0.717, 1.165) is 25.7 Å². The number of carbonyl (C=O) groups is 1. The Hall–Kier alpha value is -1.62. The highest BCUT2D eigenvalue weighted by Crippen LogP contribution is 2.26. The summed E-state index contributed by atoms with van der Waals surface area (Å²) in [6, 6.07) is 4.19. The monoisotopic (exact) mass is 281 g/mol. The van der Waals surface area contributed by atoms with Gasteiger partial charge in [0.15, 0.2) is 0 Å². The van der Waals surface area contributed by atoms with Crippen molar-refractivity contribution >= 4 is 5.91 Å². The van der Waals surface area contributed by atoms with Gasteiger partial charge in [0.2, 0.25) is 0 Å². The summed E-state index contributed by atoms with van der Waals surface area (Å²) in [5, 5.41) is 12.2. The number of ether oxygens (including phenoxy) is 1. The van der Waals surface area contributed by atoms with E-state index in [0.29, 0.717) is 0 Å². The van der Waals surface area contributed by atoms with Gasteiger partial charge in [-0.1, -0.05) is 18.9 Å². The molecule has 0 aromatic heterocycles. The van der Waals surface area contributed by atoms with Gasteiger partial charge in [0, 0.05) is 18.6 Å². The summed E-state index contributed by atoms with van der Waals surface area (Å²) in [4.78, 5) is 12.3. The first kappa shape index (κ1) is 14.8. The molecule has 0 bridgehead atoms. The highest BCUT2D eigenvalue weighted by atomic mass is 19.1. The molecule has 1 saturated carbocycles. The smallest absolute Gasteiger partial charge is 0.258 e. The van der Waals surface area contributed by atoms with Crippen LogP contribution in [-0.4, -0.2) is 30.8 Å². The molecule has 1 fully saturated rings. The van der Waals surface area contributed by atoms with Crippen LogP contribution in [0, 0.1) is 11.7 Å². The molecule has 0 radical (unpaired) electrons. The molecule has 2 rings (SSSR count). The Balaban J connectivity index is 2.15. The fourth-order valence-corrected chi connectivity index (χ4v) is 2.75. The number of hydrogen-bond donors (Lipinski definition) is 2. The van der Waals surface area contributed by atoms with E-state index in [-0.39, 0.29) is 29.9 Å². The number of aliphatic hydroxyl groups is 1. The Morgan fingerprint density at radius 2 is 2.20 bits per heavy atom. The number of carbonyl (C=O) groups excluding carboxylic acids is 1. The van der Waals surface area contributed by atoms with Crippen molar-refractivity contribution in [2.24, 2.45) is 5.92 Å². The van der Waals surface area contributed by atoms with Crippen LogP contribution in [0.3, 0.4) is 0 Å². The van der Waals surface area contributed by atoms with Crippen molar-refractivity contribution in [3.8, 4) is 5.75 Å². The number of amides is 1. The molecule has 0 saturated heterocycles. The molecule has 2 N–H and O–H groups in total. The molecule has 2 unspecified atom stereocenters. The minimum absolute atomic E-state index is 0.0410. The molecule has 2 atom stereocenters. The van der Waals surface area contributed by atoms with Crippen molar-refractivity contribution in [3.63, 3.8) is 0 Å². The molecule has 110 valence electrons. The number of aliphatic hydroxyl groups excluding tert-OH is 1. The fourth-order valence-electron chi connectivity index (χ4n) is 2.75. The SMILES string of the molecule is COc1cccc(F)c1C(=O)NC1CCCCC1CO. The first-order valence-corrected chi connectivity index (χ1v) is 6.91. The standard InChI is InChI=1S/C15H20FNO3/c1-20-13-8-4-6-11(16)14(13)15(19)17-12-7-3-2-5-10(12)9-18/h4,6,8,10,12,18H,2-3,5,7,9H2,1H3,(H,17,19). The normalized spacial score (nSPS) is 22.4. The molecular formula is C15H20FNO3. The third-order valence-electron chi connectivity index (χ3n) is 3.88. The van der Waals surface area contributed by atoms with E-state index in [1.165, 1.54) is 19.2 Å². The van der Waals surface area contributed by atoms with Crippen molar-refractivity contribution in [1.29, 1.82) is 0 Å². The van der Waals surface area contributed by atoms with Gasteiger partial charge in [-0.05, 0) is 25.0 Å². The lowest BCUT2D eigenvalue weighted by molar-refractivity contribution is 0.0865. The molecular weight excluding hydrogens is 261 g/mol. The molecule has 0 aliphatic heterocycles. The second-order valence-corrected chi connectivity index (χ2v) is 5.12. The van der Waals surface area contributed by atoms with Crippen LogP contribution in [0.2, 0.25) is 0 Å². The van der Waals surface area contributed by atoms with Crippen LogP contribution in [0.25, 0.3) is 0 Å². The third-order valence-corrected chi connectivity index (χ3v) is 3.88. The van der Waals surface area contributed by atoms with E-state index in [1.807, 2.05) is 0 Å². The van der Waals surface area contributed by atoms with Gasteiger partial charge in [0.1, 0.15) is 17.1 Å². The molecule has 0 heterocycles. The fraction of sp³-hybridized carbons (Fsp3) is 0.533. The summed E-state index contributed by atoms with van der Waals surface area (Å²) in [5.41, 5.74) is -0.0720. The maximum Gasteiger partial charge on any atom is 0.258 e. The summed E-state index contributed by atoms with van der Waals surface area (Å²) < 4.78 is 18.9. The van der Waals surface area contributed by atoms with Crippen LogP contribution < -0.4 is 10.1 Å². The topological polar surface area (TPSA) is 58.6 Å². The Morgan fingerprint density at radius 1 is 1.45 bits per heavy atom. The van der Waals surface area contributed by atoms with E-state index in [9.17, 15) is 14.3 Å². The van der Waals surface area contributed by atoms with Crippen LogP contribution in [-0.2, 0) is 0 Å². The molecule has 1 aromatic carbocycles. The summed E-state index contributed by atoms with van der Waals surface area (Å²) in [6.45, 7) is 0.0410. The summed E-state index contributed by atoms with van der Waals surface area (Å²) in [6.07, 6.45) is 3.76. The molecule has 1 aromatic rings. The van der Waals surface area contributed by atoms with Crippen LogP contribution in [0.4, 0.5) is 4.39 Å². The van der Waals surface area contributed by atoms with Gasteiger partial charge in [0.05, 0.1) is 7.11 Å². The van der Waals surface area contributed by atoms with Crippen LogP contribution in [0.1, 0.15) is 36.0 Å². The average Bonchev–Trinajstić information content (AvgIpc) is 2.47. The number of hydrogen-bond acceptors (Lipinski definition) is 3. The molecule has 4 nitrogen and oxygen atoms in total. The Kier molecular flexibility index (Phi) is 4.95. The van der Waals surface area contributed by atoms with E-state index in [1.54, 1.807) is 6.07 Å². The molecule has 20 heavy (non-hydrogen) atoms. The third kappa shape index (κ3) is 3.10. The molecule has 1 amide bonds. The lowest BCUT2D eigenvalue weighted by Gasteiger charge is -2.31. The molecule has 0 spiro atoms. The summed E-state index contributed by atoms with van der Waals surface area (Å²) in [7, 11) is 1.41. The zero-order chi connectivity index (χ0) is 14.5. The minimum Gasteiger partial charge on any atom is -0.496 e. The lowest BCUT2D eigenvalue weighted by atomic mass is 9.85. The second kappa shape index (κ2) is 6.70. The average molecular weight is 281 g/mol. The van der Waals surface area contributed by atoms with Gasteiger partial charge in [-0.25, -0.2) is 4.39 Å². The van der Waals surface area contributed by atoms with Gasteiger partial charge in [-0.15, -0.1) is 0 Å². The first-order chi connectivity index (χ1) is 9.67. The van der Waals surface area contributed by atoms with E-state index < -0.39 is 11.7 Å². The zero-order valence-corrected chi connectivity index (χ0v) is 11.6. The van der Waals surface area contributed by atoms with Gasteiger partial charge in [-0.2, -0.15) is 0 Å². The summed E-state index contributed by atoms with van der Waals surface area (Å²) >= 11 is 0. The van der Waals surface area contributed by atoms with Crippen LogP contribution >= 0.6 is 0 Å². The van der Waals surface area contributed by atoms with Gasteiger partial charge in [-0.3, -0.25) is 4.79 Å². The minimum atomic E-state index is -0.599. The molecule has 1 aliphatic rings. The molecule has 5 heteroatoms. The quantitative estimate of drug-likeness (QED) is 0.888. The van der Waals surface area contributed by atoms with Crippen molar-refractivity contribution < 1.29 is 19.0 Å². The lowest BCUT2D eigenvalue weighted by Crippen LogP contribution is -2.43. The predicted molar refractivity (Wildman–Crippen MR) is 73.3 cm³/mol. The number of methoxy groups -OCH3 is 1. The molecule has 1 aliphatic carbocycles. The van der Waals surface area contributed by atoms with Gasteiger partial charge in [0.25, 0.3) is 5.91 Å². The van der Waals surface area contributed by atoms with Crippen molar-refractivity contribution in [2.45, 2.75) is 31.7 Å². The number of benzene rings is 1. The highest BCUT2D eigenvalue weighted by molar-refractivity contribution is 5.97. The Morgan fingerprint density at radius 3 is 2.90 bits per heavy atom. The maximum atomic E-state index is 13.8. The van der Waals surface area contributed by atoms with Crippen molar-refractivity contribution in [1.82, 2.24) is 5.32 Å². The Bertz CT molecular complexity index is 478. The first-order valence-electron chi connectivity index (χ1n) is 6.91. The summed E-state index contributed by atoms with van der Waals surface area (Å²) in [5.74, 6) is -0.812. The van der Waals surface area contributed by atoms with E-state index in [2.05, 4.69) is 5.32 Å². The van der Waals surface area contributed by atoms with Gasteiger partial charge >= 0.3 is 0 Å². The highest BCUT2D eigenvalue weighted by Gasteiger charge is 2.28. The van der Waals surface area contributed by atoms with Crippen LogP contribution in [0.5, 0.6) is 5.75 Å². The predicted octanol–water partition coefficient (Wildman–Crippen LogP) is 2.12. The number of rotatable bonds is 4. The maximum absolute atomic E-state index is 13.8. The number of nitrogens with one attached hydrogen (secondary N) is 1. The second-order valence-electron chi connectivity index (χ2n) is 5.12. The van der Waals surface area contributed by atoms with Crippen molar-refractivity contribution in [2.75, 3.05) is 13.7 Å². The van der Waals surface area contributed by atoms with Crippen molar-refractivity contribution in [3.05, 3.63) is 29.6 Å². The van der Waals surface area contributed by atoms with Crippen LogP contribution in [0.15, 0.2) is 18.2 Å². The van der Waals surface area contributed by atoms with E-state index >= 15 is 0 Å². The van der Waals surface area contributed by atoms with E-state index in [4.69, 9.17) is 4.74 Å². The zero-order valence-electron chi connectivity index (χ0n) is 11.6.